The maximum absolute atomic E-state index is 8.26. The zero-order chi connectivity index (χ0) is 63.9. The molecule has 504 valence electrons. The van der Waals surface area contributed by atoms with E-state index in [1.54, 1.807) is 0 Å². The smallest absolute Gasteiger partial charge is 0.395 e. The Morgan fingerprint density at radius 3 is 0.696 bits per heavy atom. The van der Waals surface area contributed by atoms with E-state index in [9.17, 15) is 0 Å². The Morgan fingerprint density at radius 1 is 0.293 bits per heavy atom. The number of rotatable bonds is 36. The van der Waals surface area contributed by atoms with Crippen molar-refractivity contribution in [1.29, 1.82) is 0 Å². The summed E-state index contributed by atoms with van der Waals surface area (Å²) in [6, 6.07) is 40.1. The van der Waals surface area contributed by atoms with Gasteiger partial charge in [0, 0.05) is 47.2 Å². The molecule has 14 rings (SSSR count). The van der Waals surface area contributed by atoms with E-state index in [2.05, 4.69) is 52.4 Å². The summed E-state index contributed by atoms with van der Waals surface area (Å²) in [5, 5.41) is 1.86. The molecule has 10 fully saturated rings. The van der Waals surface area contributed by atoms with Gasteiger partial charge in [-0.2, -0.15) is 0 Å². The van der Waals surface area contributed by atoms with Crippen LogP contribution in [0.15, 0.2) is 121 Å². The molecule has 92 heavy (non-hydrogen) atoms. The van der Waals surface area contributed by atoms with E-state index in [4.69, 9.17) is 104 Å². The molecule has 10 heterocycles. The van der Waals surface area contributed by atoms with Gasteiger partial charge in [0.1, 0.15) is 24.4 Å². The van der Waals surface area contributed by atoms with Crippen LogP contribution in [-0.2, 0) is 104 Å². The molecule has 10 aliphatic heterocycles. The summed E-state index contributed by atoms with van der Waals surface area (Å²) < 4.78 is 177. The highest BCUT2D eigenvalue weighted by atomic mass is 28.7. The van der Waals surface area contributed by atoms with Crippen molar-refractivity contribution in [3.05, 3.63) is 121 Å². The first-order valence-corrected chi connectivity index (χ1v) is 58.2. The molecule has 4 aromatic carbocycles. The summed E-state index contributed by atoms with van der Waals surface area (Å²) in [5.41, 5.74) is 0. The van der Waals surface area contributed by atoms with Gasteiger partial charge >= 0.3 is 71.4 Å². The monoisotopic (exact) mass is 1480 g/mol. The van der Waals surface area contributed by atoms with E-state index in [1.807, 2.05) is 121 Å². The zero-order valence-electron chi connectivity index (χ0n) is 53.8. The normalized spacial score (nSPS) is 34.6. The van der Waals surface area contributed by atoms with Crippen LogP contribution in [0.2, 0.25) is 76.6 Å². The molecular weight excluding hydrogens is 1390 g/mol. The Bertz CT molecular complexity index is 2890. The fourth-order valence-corrected chi connectivity index (χ4v) is 71.3. The Kier molecular flexibility index (Phi) is 20.9. The highest BCUT2D eigenvalue weighted by Crippen LogP contribution is 2.52. The molecule has 4 aromatic rings. The van der Waals surface area contributed by atoms with Gasteiger partial charge in [-0.25, -0.2) is 0 Å². The van der Waals surface area contributed by atoms with Gasteiger partial charge in [0.2, 0.25) is 0 Å². The van der Waals surface area contributed by atoms with Crippen LogP contribution >= 0.6 is 0 Å². The number of benzene rings is 4. The molecule has 10 aliphatic rings. The predicted octanol–water partition coefficient (Wildman–Crippen LogP) is 5.49. The van der Waals surface area contributed by atoms with Crippen LogP contribution in [0.5, 0.6) is 0 Å². The van der Waals surface area contributed by atoms with Gasteiger partial charge < -0.3 is 104 Å². The molecule has 36 heteroatoms. The van der Waals surface area contributed by atoms with Gasteiger partial charge in [0.05, 0.1) is 52.9 Å². The van der Waals surface area contributed by atoms with Crippen molar-refractivity contribution in [3.63, 3.8) is 0 Å². The number of epoxide rings is 4. The number of ether oxygens (including phenoxy) is 8. The van der Waals surface area contributed by atoms with Gasteiger partial charge in [0.15, 0.2) is 33.3 Å². The molecule has 0 spiro atoms. The lowest BCUT2D eigenvalue weighted by atomic mass is 10.4. The van der Waals surface area contributed by atoms with Crippen molar-refractivity contribution >= 4 is 125 Å². The Hall–Kier alpha value is -1.48. The largest absolute Gasteiger partial charge is 0.650 e. The minimum atomic E-state index is -5.35. The third-order valence-electron chi connectivity index (χ3n) is 16.3. The average molecular weight is 1480 g/mol. The second kappa shape index (κ2) is 27.9. The first-order chi connectivity index (χ1) is 44.0. The highest BCUT2D eigenvalue weighted by molar-refractivity contribution is 7.10. The van der Waals surface area contributed by atoms with Crippen LogP contribution in [0.3, 0.4) is 0 Å². The maximum Gasteiger partial charge on any atom is 0.650 e. The molecule has 0 radical (unpaired) electrons. The van der Waals surface area contributed by atoms with E-state index in [1.165, 1.54) is 0 Å². The molecule has 0 saturated carbocycles. The summed E-state index contributed by atoms with van der Waals surface area (Å²) in [5.74, 6) is 0. The maximum atomic E-state index is 8.26. The Balaban J connectivity index is 1.05. The number of hydrogen-bond donors (Lipinski definition) is 0. The molecule has 12 atom stereocenters. The third kappa shape index (κ3) is 17.2. The van der Waals surface area contributed by atoms with Gasteiger partial charge in [-0.1, -0.05) is 121 Å². The molecule has 10 saturated heterocycles. The van der Waals surface area contributed by atoms with E-state index in [0.29, 0.717) is 150 Å². The standard InChI is InChI=1S/C56H88O24Si12/c1-81(2,37-21-33-57-41-49-45-61-49)65-89-72-85(53-25-13-9-14-26-53)69-86(54-27-15-10-16-28-54)71-87(74-89,55-29-17-11-18-30-55)76-92(68-84(7,8)40-24-36-60-44-52-48-64-52)79-90(73-86,66-82(3,4)38-22-34-58-42-50-46-62-50)75-88(70-85,56-31-19-12-20-32-56)77-91(78-89,80-92)67-83(5,6)39-23-35-59-43-51-47-63-51/h9-20,25-32,49-52H,21-24,33-48H2,1-8H3. The Morgan fingerprint density at radius 2 is 0.489 bits per heavy atom. The van der Waals surface area contributed by atoms with Crippen molar-refractivity contribution in [2.45, 2.75) is 127 Å². The fourth-order valence-electron chi connectivity index (χ4n) is 11.5. The van der Waals surface area contributed by atoms with Gasteiger partial charge in [-0.05, 0) is 102 Å². The summed E-state index contributed by atoms with van der Waals surface area (Å²) >= 11 is 0. The van der Waals surface area contributed by atoms with E-state index in [0.717, 1.165) is 0 Å². The first-order valence-electron chi connectivity index (χ1n) is 32.3. The van der Waals surface area contributed by atoms with Crippen molar-refractivity contribution in [1.82, 2.24) is 0 Å². The lowest BCUT2D eigenvalue weighted by molar-refractivity contribution is -0.0796. The minimum Gasteiger partial charge on any atom is -0.395 e. The first kappa shape index (κ1) is 69.0. The van der Waals surface area contributed by atoms with Gasteiger partial charge in [-0.3, -0.25) is 0 Å². The summed E-state index contributed by atoms with van der Waals surface area (Å²) in [7, 11) is -54.3. The van der Waals surface area contributed by atoms with Gasteiger partial charge in [-0.15, -0.1) is 0 Å². The Labute approximate surface area is 552 Å². The topological polar surface area (TPSA) is 235 Å². The predicted molar refractivity (Wildman–Crippen MR) is 358 cm³/mol. The van der Waals surface area contributed by atoms with Crippen LogP contribution in [0.25, 0.3) is 0 Å². The lowest BCUT2D eigenvalue weighted by Crippen LogP contribution is -2.95. The van der Waals surface area contributed by atoms with Crippen molar-refractivity contribution in [3.8, 4) is 0 Å². The van der Waals surface area contributed by atoms with Crippen LogP contribution in [-0.4, -0.2) is 208 Å². The van der Waals surface area contributed by atoms with E-state index < -0.39 is 105 Å². The van der Waals surface area contributed by atoms with Crippen molar-refractivity contribution in [2.75, 3.05) is 79.3 Å². The quantitative estimate of drug-likeness (QED) is 0.0311. The lowest BCUT2D eigenvalue weighted by Gasteiger charge is -2.62. The summed E-state index contributed by atoms with van der Waals surface area (Å²) in [6.07, 6.45) is 2.88. The van der Waals surface area contributed by atoms with Crippen LogP contribution in [0.4, 0.5) is 0 Å². The van der Waals surface area contributed by atoms with Crippen molar-refractivity contribution < 1.29 is 104 Å². The molecule has 0 amide bonds. The molecule has 0 N–H and O–H groups in total. The van der Waals surface area contributed by atoms with Crippen molar-refractivity contribution in [2.24, 2.45) is 0 Å². The molecule has 8 bridgehead atoms. The van der Waals surface area contributed by atoms with Gasteiger partial charge in [0.25, 0.3) is 0 Å². The third-order valence-corrected chi connectivity index (χ3v) is 64.5. The molecule has 0 aliphatic carbocycles. The zero-order valence-corrected chi connectivity index (χ0v) is 65.8. The summed E-state index contributed by atoms with van der Waals surface area (Å²) in [6.45, 7) is 23.3. The van der Waals surface area contributed by atoms with Crippen LogP contribution < -0.4 is 20.7 Å². The molecule has 24 nitrogen and oxygen atoms in total. The summed E-state index contributed by atoms with van der Waals surface area (Å²) in [4.78, 5) is 0. The second-order valence-corrected chi connectivity index (χ2v) is 66.8. The minimum absolute atomic E-state index is 0.0969. The second-order valence-electron chi connectivity index (χ2n) is 26.9. The molecule has 12 unspecified atom stereocenters. The van der Waals surface area contributed by atoms with E-state index in [-0.39, 0.29) is 24.4 Å². The van der Waals surface area contributed by atoms with E-state index >= 15 is 0 Å². The highest BCUT2D eigenvalue weighted by Gasteiger charge is 2.89. The fraction of sp³-hybridized carbons (Fsp3) is 0.571. The van der Waals surface area contributed by atoms with Crippen LogP contribution in [0, 0.1) is 0 Å². The molecular formula is C56H88O24Si12. The SMILES string of the molecule is C[Si](C)(CCCOCC1CO1)O[Si]12O[Si]3(O[Si](C)(C)CCCOCC4CO4)O[Si]4(O[Si](C)(C)CCCOCC5CO5)O[Si](c5ccccc5)(O1)O[Si]1(c5ccccc5)O[Si](O[Si](C)(C)CCCOCC5CO5)(O2)O[Si](c2ccccc2)(O3)O[Si](c2ccccc2)(O4)O1. The van der Waals surface area contributed by atoms with Crippen LogP contribution in [0.1, 0.15) is 25.7 Å². The molecule has 0 aromatic heterocycles. The average Bonchev–Trinajstić information content (AvgIpc) is 0.725. The number of hydrogen-bond acceptors (Lipinski definition) is 24.